The molecule has 0 spiro atoms. The summed E-state index contributed by atoms with van der Waals surface area (Å²) < 4.78 is 15.8. The molecule has 0 unspecified atom stereocenters. The van der Waals surface area contributed by atoms with Crippen molar-refractivity contribution in [2.24, 2.45) is 0 Å². The Labute approximate surface area is 209 Å². The summed E-state index contributed by atoms with van der Waals surface area (Å²) in [6.07, 6.45) is 1.70. The third-order valence-electron chi connectivity index (χ3n) is 6.07. The lowest BCUT2D eigenvalue weighted by Gasteiger charge is -2.41. The highest BCUT2D eigenvalue weighted by atomic mass is 16.6. The second kappa shape index (κ2) is 10.9. The number of carbonyl (C=O) groups is 3. The number of hydrogen-bond donors (Lipinski definition) is 1. The van der Waals surface area contributed by atoms with Gasteiger partial charge in [0, 0.05) is 17.9 Å². The van der Waals surface area contributed by atoms with E-state index < -0.39 is 29.3 Å². The van der Waals surface area contributed by atoms with Crippen LogP contribution in [0.3, 0.4) is 0 Å². The van der Waals surface area contributed by atoms with Crippen LogP contribution in [-0.2, 0) is 25.5 Å². The van der Waals surface area contributed by atoms with Gasteiger partial charge in [0.15, 0.2) is 5.54 Å². The lowest BCUT2D eigenvalue weighted by atomic mass is 9.73. The molecule has 7 nitrogen and oxygen atoms in total. The van der Waals surface area contributed by atoms with Gasteiger partial charge in [-0.25, -0.2) is 9.59 Å². The van der Waals surface area contributed by atoms with E-state index in [0.717, 1.165) is 11.1 Å². The van der Waals surface area contributed by atoms with E-state index in [1.54, 1.807) is 44.4 Å². The number of amides is 1. The highest BCUT2D eigenvalue weighted by molar-refractivity contribution is 6.01. The first kappa shape index (κ1) is 24.7. The predicted octanol–water partition coefficient (Wildman–Crippen LogP) is 4.19. The standard InChI is InChI=1S/C29H27NO6/c1-3-35-27(32)25-18-24(21-12-8-5-9-13-21)29(28(33)36-25,19-20-10-6-4-7-11-20)30-26(31)22-14-16-23(34-2)17-15-22/h4-18,24H,3,19H2,1-2H3,(H,30,31)/t24-,29+/m0/s1. The summed E-state index contributed by atoms with van der Waals surface area (Å²) in [5.74, 6) is -2.24. The quantitative estimate of drug-likeness (QED) is 0.481. The average molecular weight is 486 g/mol. The van der Waals surface area contributed by atoms with E-state index >= 15 is 0 Å². The summed E-state index contributed by atoms with van der Waals surface area (Å²) in [5.41, 5.74) is 0.374. The van der Waals surface area contributed by atoms with E-state index in [0.29, 0.717) is 11.3 Å². The molecule has 7 heteroatoms. The molecule has 0 fully saturated rings. The van der Waals surface area contributed by atoms with Gasteiger partial charge in [0.1, 0.15) is 5.75 Å². The van der Waals surface area contributed by atoms with Crippen LogP contribution in [0.5, 0.6) is 5.75 Å². The van der Waals surface area contributed by atoms with Crippen molar-refractivity contribution < 1.29 is 28.6 Å². The van der Waals surface area contributed by atoms with Crippen molar-refractivity contribution in [1.82, 2.24) is 5.32 Å². The highest BCUT2D eigenvalue weighted by Crippen LogP contribution is 2.39. The highest BCUT2D eigenvalue weighted by Gasteiger charge is 2.52. The van der Waals surface area contributed by atoms with Gasteiger partial charge in [-0.15, -0.1) is 0 Å². The minimum absolute atomic E-state index is 0.132. The average Bonchev–Trinajstić information content (AvgIpc) is 2.91. The Hall–Kier alpha value is -4.39. The number of esters is 2. The number of methoxy groups -OCH3 is 1. The van der Waals surface area contributed by atoms with Crippen molar-refractivity contribution in [3.8, 4) is 5.75 Å². The Morgan fingerprint density at radius 3 is 2.19 bits per heavy atom. The Balaban J connectivity index is 1.83. The second-order valence-electron chi connectivity index (χ2n) is 8.35. The first-order chi connectivity index (χ1) is 17.5. The molecular weight excluding hydrogens is 458 g/mol. The van der Waals surface area contributed by atoms with Gasteiger partial charge in [0.25, 0.3) is 5.91 Å². The zero-order chi connectivity index (χ0) is 25.5. The minimum atomic E-state index is -1.53. The number of rotatable bonds is 8. The monoisotopic (exact) mass is 485 g/mol. The molecule has 3 aromatic carbocycles. The molecule has 0 bridgehead atoms. The number of benzene rings is 3. The molecule has 0 saturated carbocycles. The van der Waals surface area contributed by atoms with Crippen LogP contribution in [-0.4, -0.2) is 37.1 Å². The fraction of sp³-hybridized carbons (Fsp3) is 0.207. The molecule has 1 aliphatic rings. The molecule has 0 aromatic heterocycles. The molecule has 1 amide bonds. The van der Waals surface area contributed by atoms with Crippen molar-refractivity contribution in [2.75, 3.05) is 13.7 Å². The lowest BCUT2D eigenvalue weighted by molar-refractivity contribution is -0.157. The molecule has 1 N–H and O–H groups in total. The molecular formula is C29H27NO6. The van der Waals surface area contributed by atoms with Crippen molar-refractivity contribution in [2.45, 2.75) is 24.8 Å². The zero-order valence-electron chi connectivity index (χ0n) is 20.1. The predicted molar refractivity (Wildman–Crippen MR) is 133 cm³/mol. The fourth-order valence-electron chi connectivity index (χ4n) is 4.29. The summed E-state index contributed by atoms with van der Waals surface area (Å²) in [6.45, 7) is 1.81. The molecule has 3 aromatic rings. The first-order valence-corrected chi connectivity index (χ1v) is 11.6. The molecule has 184 valence electrons. The van der Waals surface area contributed by atoms with Crippen LogP contribution in [0.25, 0.3) is 0 Å². The summed E-state index contributed by atoms with van der Waals surface area (Å²) in [7, 11) is 1.54. The maximum atomic E-state index is 13.8. The SMILES string of the molecule is CCOC(=O)C1=C[C@@H](c2ccccc2)[C@@](Cc2ccccc2)(NC(=O)c2ccc(OC)cc2)C(=O)O1. The first-order valence-electron chi connectivity index (χ1n) is 11.6. The van der Waals surface area contributed by atoms with Crippen molar-refractivity contribution in [1.29, 1.82) is 0 Å². The van der Waals surface area contributed by atoms with Crippen molar-refractivity contribution in [3.63, 3.8) is 0 Å². The van der Waals surface area contributed by atoms with Crippen molar-refractivity contribution >= 4 is 17.8 Å². The van der Waals surface area contributed by atoms with Gasteiger partial charge < -0.3 is 19.5 Å². The Morgan fingerprint density at radius 1 is 0.944 bits per heavy atom. The van der Waals surface area contributed by atoms with Gasteiger partial charge in [-0.3, -0.25) is 4.79 Å². The minimum Gasteiger partial charge on any atom is -0.497 e. The van der Waals surface area contributed by atoms with Gasteiger partial charge in [-0.05, 0) is 48.4 Å². The van der Waals surface area contributed by atoms with E-state index in [-0.39, 0.29) is 18.8 Å². The second-order valence-corrected chi connectivity index (χ2v) is 8.35. The van der Waals surface area contributed by atoms with Gasteiger partial charge in [-0.1, -0.05) is 60.7 Å². The number of ether oxygens (including phenoxy) is 3. The van der Waals surface area contributed by atoms with Crippen LogP contribution in [0.15, 0.2) is 96.8 Å². The van der Waals surface area contributed by atoms with Crippen molar-refractivity contribution in [3.05, 3.63) is 113 Å². The van der Waals surface area contributed by atoms with E-state index in [1.165, 1.54) is 0 Å². The van der Waals surface area contributed by atoms with E-state index in [2.05, 4.69) is 5.32 Å². The van der Waals surface area contributed by atoms with Crippen LogP contribution >= 0.6 is 0 Å². The van der Waals surface area contributed by atoms with Crippen LogP contribution in [0.4, 0.5) is 0 Å². The number of hydrogen-bond acceptors (Lipinski definition) is 6. The molecule has 0 radical (unpaired) electrons. The Kier molecular flexibility index (Phi) is 7.49. The topological polar surface area (TPSA) is 90.9 Å². The van der Waals surface area contributed by atoms with Gasteiger partial charge in [0.2, 0.25) is 5.76 Å². The molecule has 1 aliphatic heterocycles. The molecule has 2 atom stereocenters. The van der Waals surface area contributed by atoms with E-state index in [1.807, 2.05) is 60.7 Å². The van der Waals surface area contributed by atoms with Crippen LogP contribution in [0, 0.1) is 0 Å². The van der Waals surface area contributed by atoms with Crippen LogP contribution < -0.4 is 10.1 Å². The summed E-state index contributed by atoms with van der Waals surface area (Å²) in [5, 5.41) is 2.97. The molecule has 0 saturated heterocycles. The van der Waals surface area contributed by atoms with Gasteiger partial charge in [0.05, 0.1) is 13.7 Å². The third-order valence-corrected chi connectivity index (χ3v) is 6.07. The normalized spacial score (nSPS) is 19.0. The van der Waals surface area contributed by atoms with E-state index in [4.69, 9.17) is 14.2 Å². The summed E-state index contributed by atoms with van der Waals surface area (Å²) in [4.78, 5) is 39.8. The number of nitrogens with one attached hydrogen (secondary N) is 1. The summed E-state index contributed by atoms with van der Waals surface area (Å²) in [6, 6.07) is 25.2. The Morgan fingerprint density at radius 2 is 1.58 bits per heavy atom. The molecule has 1 heterocycles. The van der Waals surface area contributed by atoms with Crippen LogP contribution in [0.1, 0.15) is 34.3 Å². The Bertz CT molecular complexity index is 1250. The van der Waals surface area contributed by atoms with Crippen LogP contribution in [0.2, 0.25) is 0 Å². The zero-order valence-corrected chi connectivity index (χ0v) is 20.1. The lowest BCUT2D eigenvalue weighted by Crippen LogP contribution is -2.62. The maximum Gasteiger partial charge on any atom is 0.374 e. The fourth-order valence-corrected chi connectivity index (χ4v) is 4.29. The van der Waals surface area contributed by atoms with Gasteiger partial charge >= 0.3 is 11.9 Å². The number of carbonyl (C=O) groups excluding carboxylic acids is 3. The largest absolute Gasteiger partial charge is 0.497 e. The summed E-state index contributed by atoms with van der Waals surface area (Å²) >= 11 is 0. The van der Waals surface area contributed by atoms with Gasteiger partial charge in [-0.2, -0.15) is 0 Å². The third kappa shape index (κ3) is 5.15. The maximum absolute atomic E-state index is 13.8. The molecule has 36 heavy (non-hydrogen) atoms. The van der Waals surface area contributed by atoms with E-state index in [9.17, 15) is 14.4 Å². The smallest absolute Gasteiger partial charge is 0.374 e. The number of cyclic esters (lactones) is 1. The molecule has 0 aliphatic carbocycles. The molecule has 4 rings (SSSR count).